The molecule has 1 aromatic heterocycles. The summed E-state index contributed by atoms with van der Waals surface area (Å²) in [5, 5.41) is 8.90. The third-order valence-corrected chi connectivity index (χ3v) is 3.37. The standard InChI is InChI=1S/C9H12INO3S/c1-15(14)4-2-3-11-6-7(10)5-8(11)9(12)13/h5-6H,2-4H2,1H3,(H,12,13). The third kappa shape index (κ3) is 3.94. The van der Waals surface area contributed by atoms with E-state index >= 15 is 0 Å². The van der Waals surface area contributed by atoms with Crippen molar-refractivity contribution >= 4 is 39.4 Å². The van der Waals surface area contributed by atoms with Gasteiger partial charge in [0.05, 0.1) is 0 Å². The van der Waals surface area contributed by atoms with Crippen LogP contribution in [0.1, 0.15) is 16.9 Å². The minimum absolute atomic E-state index is 0.293. The Kier molecular flexibility index (Phi) is 4.78. The highest BCUT2D eigenvalue weighted by molar-refractivity contribution is 14.1. The van der Waals surface area contributed by atoms with Crippen molar-refractivity contribution in [3.63, 3.8) is 0 Å². The van der Waals surface area contributed by atoms with Crippen molar-refractivity contribution in [3.05, 3.63) is 21.5 Å². The summed E-state index contributed by atoms with van der Waals surface area (Å²) in [6.07, 6.45) is 4.17. The monoisotopic (exact) mass is 341 g/mol. The fourth-order valence-corrected chi connectivity index (χ4v) is 2.44. The molecule has 1 heterocycles. The molecule has 1 unspecified atom stereocenters. The molecular formula is C9H12INO3S. The highest BCUT2D eigenvalue weighted by atomic mass is 127. The fourth-order valence-electron chi connectivity index (χ4n) is 1.28. The van der Waals surface area contributed by atoms with E-state index in [1.165, 1.54) is 0 Å². The Morgan fingerprint density at radius 2 is 2.33 bits per heavy atom. The molecule has 1 N–H and O–H groups in total. The molecular weight excluding hydrogens is 329 g/mol. The molecule has 0 fully saturated rings. The van der Waals surface area contributed by atoms with Crippen LogP contribution >= 0.6 is 22.6 Å². The average Bonchev–Trinajstić information content (AvgIpc) is 2.46. The number of carboxylic acids is 1. The summed E-state index contributed by atoms with van der Waals surface area (Å²) in [6, 6.07) is 1.63. The summed E-state index contributed by atoms with van der Waals surface area (Å²) in [7, 11) is -0.812. The second-order valence-corrected chi connectivity index (χ2v) is 5.97. The molecule has 0 aliphatic rings. The number of nitrogens with zero attached hydrogens (tertiary/aromatic N) is 1. The van der Waals surface area contributed by atoms with E-state index in [9.17, 15) is 9.00 Å². The number of carboxylic acid groups (broad SMARTS) is 1. The normalized spacial score (nSPS) is 12.7. The second-order valence-electron chi connectivity index (χ2n) is 3.17. The maximum atomic E-state index is 10.8. The van der Waals surface area contributed by atoms with Gasteiger partial charge in [-0.15, -0.1) is 0 Å². The number of carbonyl (C=O) groups is 1. The van der Waals surface area contributed by atoms with E-state index in [2.05, 4.69) is 22.6 Å². The summed E-state index contributed by atoms with van der Waals surface area (Å²) < 4.78 is 13.4. The SMILES string of the molecule is CS(=O)CCCn1cc(I)cc1C(=O)O. The molecule has 1 rings (SSSR count). The van der Waals surface area contributed by atoms with Gasteiger partial charge in [-0.25, -0.2) is 4.79 Å². The summed E-state index contributed by atoms with van der Waals surface area (Å²) in [6.45, 7) is 0.601. The highest BCUT2D eigenvalue weighted by Crippen LogP contribution is 2.12. The quantitative estimate of drug-likeness (QED) is 0.827. The zero-order chi connectivity index (χ0) is 11.4. The van der Waals surface area contributed by atoms with Crippen molar-refractivity contribution in [2.24, 2.45) is 0 Å². The topological polar surface area (TPSA) is 59.3 Å². The molecule has 0 saturated carbocycles. The van der Waals surface area contributed by atoms with E-state index in [-0.39, 0.29) is 0 Å². The molecule has 6 heteroatoms. The van der Waals surface area contributed by atoms with E-state index < -0.39 is 16.8 Å². The number of aromatic carboxylic acids is 1. The van der Waals surface area contributed by atoms with Crippen LogP contribution in [0.25, 0.3) is 0 Å². The van der Waals surface area contributed by atoms with Crippen LogP contribution in [-0.4, -0.2) is 31.9 Å². The molecule has 4 nitrogen and oxygen atoms in total. The summed E-state index contributed by atoms with van der Waals surface area (Å²) in [4.78, 5) is 10.8. The Morgan fingerprint density at radius 3 is 2.87 bits per heavy atom. The van der Waals surface area contributed by atoms with Crippen LogP contribution in [0.5, 0.6) is 0 Å². The maximum absolute atomic E-state index is 10.8. The Bertz CT molecular complexity index is 389. The van der Waals surface area contributed by atoms with Crippen molar-refractivity contribution < 1.29 is 14.1 Å². The van der Waals surface area contributed by atoms with Gasteiger partial charge in [-0.1, -0.05) is 0 Å². The Morgan fingerprint density at radius 1 is 1.67 bits per heavy atom. The van der Waals surface area contributed by atoms with Gasteiger partial charge in [0.25, 0.3) is 0 Å². The minimum atomic E-state index is -0.921. The van der Waals surface area contributed by atoms with Gasteiger partial charge in [-0.3, -0.25) is 4.21 Å². The zero-order valence-corrected chi connectivity index (χ0v) is 11.2. The first-order chi connectivity index (χ1) is 7.00. The van der Waals surface area contributed by atoms with E-state index in [0.29, 0.717) is 18.0 Å². The predicted molar refractivity (Wildman–Crippen MR) is 67.7 cm³/mol. The van der Waals surface area contributed by atoms with Crippen LogP contribution in [0.4, 0.5) is 0 Å². The van der Waals surface area contributed by atoms with Gasteiger partial charge in [0.2, 0.25) is 0 Å². The maximum Gasteiger partial charge on any atom is 0.352 e. The minimum Gasteiger partial charge on any atom is -0.477 e. The third-order valence-electron chi connectivity index (χ3n) is 1.91. The zero-order valence-electron chi connectivity index (χ0n) is 8.27. The molecule has 84 valence electrons. The number of aryl methyl sites for hydroxylation is 1. The smallest absolute Gasteiger partial charge is 0.352 e. The second kappa shape index (κ2) is 5.64. The Labute approximate surface area is 104 Å². The van der Waals surface area contributed by atoms with E-state index in [1.807, 2.05) is 0 Å². The van der Waals surface area contributed by atoms with Crippen LogP contribution in [0.15, 0.2) is 12.3 Å². The van der Waals surface area contributed by atoms with E-state index in [0.717, 1.165) is 9.99 Å². The Balaban J connectivity index is 2.67. The van der Waals surface area contributed by atoms with Gasteiger partial charge in [0.15, 0.2) is 0 Å². The summed E-state index contributed by atoms with van der Waals surface area (Å²) in [5.74, 6) is -0.316. The molecule has 0 aromatic carbocycles. The molecule has 1 aromatic rings. The van der Waals surface area contributed by atoms with E-state index in [4.69, 9.17) is 5.11 Å². The Hall–Kier alpha value is -0.370. The molecule has 0 saturated heterocycles. The van der Waals surface area contributed by atoms with E-state index in [1.54, 1.807) is 23.1 Å². The summed E-state index contributed by atoms with van der Waals surface area (Å²) >= 11 is 2.08. The lowest BCUT2D eigenvalue weighted by molar-refractivity contribution is 0.0685. The van der Waals surface area contributed by atoms with Gasteiger partial charge in [0.1, 0.15) is 5.69 Å². The fraction of sp³-hybridized carbons (Fsp3) is 0.444. The number of halogens is 1. The molecule has 0 bridgehead atoms. The predicted octanol–water partition coefficient (Wildman–Crippen LogP) is 1.56. The van der Waals surface area contributed by atoms with Gasteiger partial charge in [-0.05, 0) is 35.1 Å². The van der Waals surface area contributed by atoms with Crippen LogP contribution in [0.3, 0.4) is 0 Å². The summed E-state index contributed by atoms with van der Waals surface area (Å²) in [5.41, 5.74) is 0.293. The lowest BCUT2D eigenvalue weighted by atomic mass is 10.4. The van der Waals surface area contributed by atoms with Crippen molar-refractivity contribution in [1.29, 1.82) is 0 Å². The van der Waals surface area contributed by atoms with Gasteiger partial charge in [0, 0.05) is 39.1 Å². The first-order valence-corrected chi connectivity index (χ1v) is 7.20. The lowest BCUT2D eigenvalue weighted by Gasteiger charge is -2.04. The molecule has 0 radical (unpaired) electrons. The largest absolute Gasteiger partial charge is 0.477 e. The molecule has 15 heavy (non-hydrogen) atoms. The van der Waals surface area contributed by atoms with Crippen LogP contribution in [0.2, 0.25) is 0 Å². The van der Waals surface area contributed by atoms with Gasteiger partial charge >= 0.3 is 5.97 Å². The molecule has 0 aliphatic heterocycles. The van der Waals surface area contributed by atoms with Crippen molar-refractivity contribution in [2.75, 3.05) is 12.0 Å². The lowest BCUT2D eigenvalue weighted by Crippen LogP contribution is -2.09. The first-order valence-electron chi connectivity index (χ1n) is 4.39. The number of aromatic nitrogens is 1. The number of hydrogen-bond acceptors (Lipinski definition) is 2. The van der Waals surface area contributed by atoms with Gasteiger partial charge in [-0.2, -0.15) is 0 Å². The first kappa shape index (κ1) is 12.7. The number of rotatable bonds is 5. The van der Waals surface area contributed by atoms with Crippen molar-refractivity contribution in [1.82, 2.24) is 4.57 Å². The number of hydrogen-bond donors (Lipinski definition) is 1. The molecule has 1 atom stereocenters. The van der Waals surface area contributed by atoms with Crippen LogP contribution < -0.4 is 0 Å². The van der Waals surface area contributed by atoms with Crippen LogP contribution in [-0.2, 0) is 17.3 Å². The molecule has 0 spiro atoms. The molecule has 0 aliphatic carbocycles. The average molecular weight is 341 g/mol. The van der Waals surface area contributed by atoms with Crippen molar-refractivity contribution in [2.45, 2.75) is 13.0 Å². The molecule has 0 amide bonds. The van der Waals surface area contributed by atoms with Crippen LogP contribution in [0, 0.1) is 3.57 Å². The van der Waals surface area contributed by atoms with Crippen molar-refractivity contribution in [3.8, 4) is 0 Å². The van der Waals surface area contributed by atoms with Gasteiger partial charge < -0.3 is 9.67 Å². The highest BCUT2D eigenvalue weighted by Gasteiger charge is 2.10.